The third kappa shape index (κ3) is 5.94. The summed E-state index contributed by atoms with van der Waals surface area (Å²) in [7, 11) is 1.55. The van der Waals surface area contributed by atoms with Crippen LogP contribution < -0.4 is 26.1 Å². The second-order valence-electron chi connectivity index (χ2n) is 6.96. The van der Waals surface area contributed by atoms with E-state index in [1.807, 2.05) is 30.3 Å². The van der Waals surface area contributed by atoms with Crippen LogP contribution in [0.5, 0.6) is 11.5 Å². The maximum atomic E-state index is 12.1. The van der Waals surface area contributed by atoms with Crippen LogP contribution in [-0.4, -0.2) is 29.2 Å². The second-order valence-corrected chi connectivity index (χ2v) is 6.96. The molecule has 0 aliphatic carbocycles. The Balaban J connectivity index is 1.64. The molecule has 0 saturated carbocycles. The molecular weight excluding hydrogens is 412 g/mol. The highest BCUT2D eigenvalue weighted by atomic mass is 16.5. The largest absolute Gasteiger partial charge is 0.493 e. The molecule has 0 spiro atoms. The molecular formula is C23H24N4O5. The van der Waals surface area contributed by atoms with E-state index < -0.39 is 11.2 Å². The number of hydrogen-bond acceptors (Lipinski definition) is 6. The van der Waals surface area contributed by atoms with Crippen molar-refractivity contribution in [1.29, 1.82) is 0 Å². The molecule has 1 heterocycles. The maximum absolute atomic E-state index is 12.1. The maximum Gasteiger partial charge on any atom is 0.325 e. The lowest BCUT2D eigenvalue weighted by Gasteiger charge is -2.13. The van der Waals surface area contributed by atoms with E-state index in [9.17, 15) is 14.4 Å². The van der Waals surface area contributed by atoms with E-state index >= 15 is 0 Å². The summed E-state index contributed by atoms with van der Waals surface area (Å²) < 4.78 is 11.3. The molecule has 0 fully saturated rings. The van der Waals surface area contributed by atoms with Gasteiger partial charge in [0.25, 0.3) is 5.56 Å². The molecule has 0 bridgehead atoms. The minimum Gasteiger partial charge on any atom is -0.493 e. The number of ether oxygens (including phenoxy) is 2. The van der Waals surface area contributed by atoms with Gasteiger partial charge in [-0.15, -0.1) is 0 Å². The molecule has 0 atom stereocenters. The van der Waals surface area contributed by atoms with Gasteiger partial charge in [0.15, 0.2) is 11.5 Å². The lowest BCUT2D eigenvalue weighted by atomic mass is 10.1. The molecule has 9 heteroatoms. The molecule has 3 aromatic rings. The lowest BCUT2D eigenvalue weighted by molar-refractivity contribution is -0.121. The van der Waals surface area contributed by atoms with Crippen molar-refractivity contribution in [1.82, 2.24) is 15.4 Å². The molecule has 32 heavy (non-hydrogen) atoms. The number of amides is 1. The molecule has 0 radical (unpaired) electrons. The first-order valence-electron chi connectivity index (χ1n) is 9.95. The van der Waals surface area contributed by atoms with Crippen molar-refractivity contribution in [3.05, 3.63) is 91.8 Å². The molecule has 166 valence electrons. The number of aryl methyl sites for hydroxylation is 1. The number of aromatic amines is 2. The van der Waals surface area contributed by atoms with Gasteiger partial charge in [0.05, 0.1) is 13.3 Å². The zero-order valence-electron chi connectivity index (χ0n) is 17.8. The van der Waals surface area contributed by atoms with Crippen molar-refractivity contribution in [3.8, 4) is 11.5 Å². The normalized spacial score (nSPS) is 10.8. The van der Waals surface area contributed by atoms with Crippen LogP contribution in [-0.2, 0) is 17.8 Å². The Kier molecular flexibility index (Phi) is 7.58. The van der Waals surface area contributed by atoms with Crippen molar-refractivity contribution in [2.75, 3.05) is 7.11 Å². The Labute approximate surface area is 184 Å². The van der Waals surface area contributed by atoms with Gasteiger partial charge in [0, 0.05) is 23.2 Å². The number of aromatic nitrogens is 2. The number of nitrogens with zero attached hydrogens (tertiary/aromatic N) is 1. The monoisotopic (exact) mass is 436 g/mol. The van der Waals surface area contributed by atoms with Crippen LogP contribution in [0.4, 0.5) is 0 Å². The third-order valence-electron chi connectivity index (χ3n) is 4.71. The number of hydrogen-bond donors (Lipinski definition) is 3. The summed E-state index contributed by atoms with van der Waals surface area (Å²) in [4.78, 5) is 39.9. The van der Waals surface area contributed by atoms with Crippen LogP contribution in [0.25, 0.3) is 0 Å². The van der Waals surface area contributed by atoms with Gasteiger partial charge in [-0.25, -0.2) is 10.2 Å². The Morgan fingerprint density at radius 1 is 1.09 bits per heavy atom. The van der Waals surface area contributed by atoms with Crippen LogP contribution in [0.15, 0.2) is 63.2 Å². The minimum atomic E-state index is -0.575. The van der Waals surface area contributed by atoms with Gasteiger partial charge in [-0.1, -0.05) is 36.4 Å². The van der Waals surface area contributed by atoms with E-state index in [-0.39, 0.29) is 18.7 Å². The Hall–Kier alpha value is -4.14. The van der Waals surface area contributed by atoms with Gasteiger partial charge in [-0.2, -0.15) is 5.10 Å². The fourth-order valence-corrected chi connectivity index (χ4v) is 3.07. The standard InChI is InChI=1S/C23H24N4O5/c1-15-18(22(29)26-23(30)25-15)11-12-20(28)27-24-13-17-9-6-10-19(31-2)21(17)32-14-16-7-4-3-5-8-16/h3-10,13H,11-12,14H2,1-2H3,(H,27,28)(H2,25,26,29,30)/b24-13+. The molecule has 3 rings (SSSR count). The number of para-hydroxylation sites is 1. The van der Waals surface area contributed by atoms with Crippen LogP contribution in [0.2, 0.25) is 0 Å². The van der Waals surface area contributed by atoms with E-state index in [2.05, 4.69) is 20.5 Å². The molecule has 0 aliphatic rings. The molecule has 9 nitrogen and oxygen atoms in total. The smallest absolute Gasteiger partial charge is 0.325 e. The van der Waals surface area contributed by atoms with E-state index in [0.717, 1.165) is 5.56 Å². The summed E-state index contributed by atoms with van der Waals surface area (Å²) in [6.45, 7) is 1.96. The first-order chi connectivity index (χ1) is 15.5. The van der Waals surface area contributed by atoms with Gasteiger partial charge in [-0.05, 0) is 31.0 Å². The fraction of sp³-hybridized carbons (Fsp3) is 0.217. The topological polar surface area (TPSA) is 126 Å². The number of rotatable bonds is 9. The summed E-state index contributed by atoms with van der Waals surface area (Å²) in [6, 6.07) is 15.1. The van der Waals surface area contributed by atoms with E-state index in [1.54, 1.807) is 32.2 Å². The highest BCUT2D eigenvalue weighted by Gasteiger charge is 2.11. The second kappa shape index (κ2) is 10.8. The number of nitrogens with one attached hydrogen (secondary N) is 3. The SMILES string of the molecule is COc1cccc(/C=N/NC(=O)CCc2c(C)[nH]c(=O)[nH]c2=O)c1OCc1ccccc1. The van der Waals surface area contributed by atoms with Gasteiger partial charge >= 0.3 is 5.69 Å². The van der Waals surface area contributed by atoms with Crippen LogP contribution in [0, 0.1) is 6.92 Å². The van der Waals surface area contributed by atoms with Crippen molar-refractivity contribution in [3.63, 3.8) is 0 Å². The highest BCUT2D eigenvalue weighted by molar-refractivity contribution is 5.86. The molecule has 3 N–H and O–H groups in total. The van der Waals surface area contributed by atoms with Crippen LogP contribution in [0.1, 0.15) is 28.8 Å². The predicted octanol–water partition coefficient (Wildman–Crippen LogP) is 2.04. The summed E-state index contributed by atoms with van der Waals surface area (Å²) in [5, 5.41) is 4.00. The summed E-state index contributed by atoms with van der Waals surface area (Å²) in [6.07, 6.45) is 1.67. The van der Waals surface area contributed by atoms with Crippen molar-refractivity contribution in [2.45, 2.75) is 26.4 Å². The lowest BCUT2D eigenvalue weighted by Crippen LogP contribution is -2.28. The summed E-state index contributed by atoms with van der Waals surface area (Å²) in [5.74, 6) is 0.678. The first kappa shape index (κ1) is 22.5. The molecule has 1 aromatic heterocycles. The van der Waals surface area contributed by atoms with Gasteiger partial charge in [0.1, 0.15) is 6.61 Å². The summed E-state index contributed by atoms with van der Waals surface area (Å²) >= 11 is 0. The number of benzene rings is 2. The molecule has 0 saturated heterocycles. The highest BCUT2D eigenvalue weighted by Crippen LogP contribution is 2.30. The van der Waals surface area contributed by atoms with E-state index in [1.165, 1.54) is 6.21 Å². The number of methoxy groups -OCH3 is 1. The number of carbonyl (C=O) groups excluding carboxylic acids is 1. The molecule has 2 aromatic carbocycles. The van der Waals surface area contributed by atoms with E-state index in [4.69, 9.17) is 9.47 Å². The zero-order valence-corrected chi connectivity index (χ0v) is 17.8. The Morgan fingerprint density at radius 3 is 2.59 bits per heavy atom. The molecule has 0 unspecified atom stereocenters. The summed E-state index contributed by atoms with van der Waals surface area (Å²) in [5.41, 5.74) is 3.79. The zero-order chi connectivity index (χ0) is 22.9. The van der Waals surface area contributed by atoms with Gasteiger partial charge in [-0.3, -0.25) is 14.6 Å². The Bertz CT molecular complexity index is 1220. The van der Waals surface area contributed by atoms with Gasteiger partial charge in [0.2, 0.25) is 5.91 Å². The number of H-pyrrole nitrogens is 2. The van der Waals surface area contributed by atoms with Crippen molar-refractivity contribution in [2.24, 2.45) is 5.10 Å². The predicted molar refractivity (Wildman–Crippen MR) is 120 cm³/mol. The van der Waals surface area contributed by atoms with Crippen molar-refractivity contribution < 1.29 is 14.3 Å². The van der Waals surface area contributed by atoms with E-state index in [0.29, 0.717) is 34.9 Å². The number of carbonyl (C=O) groups is 1. The fourth-order valence-electron chi connectivity index (χ4n) is 3.07. The number of hydrazone groups is 1. The molecule has 0 aliphatic heterocycles. The van der Waals surface area contributed by atoms with Gasteiger partial charge < -0.3 is 14.5 Å². The Morgan fingerprint density at radius 2 is 1.88 bits per heavy atom. The van der Waals surface area contributed by atoms with Crippen LogP contribution in [0.3, 0.4) is 0 Å². The minimum absolute atomic E-state index is 0.0305. The third-order valence-corrected chi connectivity index (χ3v) is 4.71. The van der Waals surface area contributed by atoms with Crippen LogP contribution >= 0.6 is 0 Å². The quantitative estimate of drug-likeness (QED) is 0.350. The first-order valence-corrected chi connectivity index (χ1v) is 9.95. The molecule has 1 amide bonds. The average Bonchev–Trinajstić information content (AvgIpc) is 2.78. The van der Waals surface area contributed by atoms with Crippen molar-refractivity contribution >= 4 is 12.1 Å². The average molecular weight is 436 g/mol.